The summed E-state index contributed by atoms with van der Waals surface area (Å²) in [6, 6.07) is 4.20. The maximum atomic E-state index is 13.4. The molecule has 1 heterocycles. The molecular formula is C12H7BrClFN2OS. The first-order valence-electron chi connectivity index (χ1n) is 5.05. The number of thiocarbonyl (C=S) groups is 1. The fraction of sp³-hybridized carbons (Fsp3) is 0. The molecule has 1 aromatic carbocycles. The number of ether oxygens (including phenoxy) is 1. The van der Waals surface area contributed by atoms with E-state index in [9.17, 15) is 4.39 Å². The highest BCUT2D eigenvalue weighted by Gasteiger charge is 2.12. The second-order valence-electron chi connectivity index (χ2n) is 3.53. The molecule has 19 heavy (non-hydrogen) atoms. The molecule has 0 radical (unpaired) electrons. The number of pyridine rings is 1. The van der Waals surface area contributed by atoms with Crippen LogP contribution in [0.5, 0.6) is 11.5 Å². The summed E-state index contributed by atoms with van der Waals surface area (Å²) in [7, 11) is 0. The number of halogens is 3. The molecule has 0 saturated heterocycles. The summed E-state index contributed by atoms with van der Waals surface area (Å²) in [4.78, 5) is 4.09. The number of nitrogens with zero attached hydrogens (tertiary/aromatic N) is 1. The molecule has 98 valence electrons. The summed E-state index contributed by atoms with van der Waals surface area (Å²) in [5, 5.41) is -0.0000177. The number of benzene rings is 1. The molecular weight excluding hydrogens is 355 g/mol. The third-order valence-corrected chi connectivity index (χ3v) is 3.37. The van der Waals surface area contributed by atoms with Crippen molar-refractivity contribution in [3.8, 4) is 11.5 Å². The molecule has 0 fully saturated rings. The van der Waals surface area contributed by atoms with E-state index in [-0.39, 0.29) is 15.8 Å². The lowest BCUT2D eigenvalue weighted by Crippen LogP contribution is -2.10. The van der Waals surface area contributed by atoms with Crippen molar-refractivity contribution in [2.24, 2.45) is 5.73 Å². The van der Waals surface area contributed by atoms with Crippen LogP contribution in [0.4, 0.5) is 4.39 Å². The lowest BCUT2D eigenvalue weighted by Gasteiger charge is -2.11. The molecule has 0 bridgehead atoms. The van der Waals surface area contributed by atoms with E-state index in [2.05, 4.69) is 20.9 Å². The second-order valence-corrected chi connectivity index (χ2v) is 5.24. The molecule has 7 heteroatoms. The van der Waals surface area contributed by atoms with E-state index in [0.29, 0.717) is 15.8 Å². The zero-order valence-electron chi connectivity index (χ0n) is 9.36. The van der Waals surface area contributed by atoms with Gasteiger partial charge in [0, 0.05) is 12.3 Å². The molecule has 1 aromatic heterocycles. The minimum Gasteiger partial charge on any atom is -0.454 e. The molecule has 0 amide bonds. The minimum atomic E-state index is -0.583. The van der Waals surface area contributed by atoms with Gasteiger partial charge in [-0.2, -0.15) is 0 Å². The first-order chi connectivity index (χ1) is 8.99. The monoisotopic (exact) mass is 360 g/mol. The SMILES string of the molecule is NC(=S)c1ccncc1Oc1cc(F)c(Cl)cc1Br. The van der Waals surface area contributed by atoms with E-state index in [4.69, 9.17) is 34.3 Å². The molecule has 0 spiro atoms. The quantitative estimate of drug-likeness (QED) is 0.661. The molecule has 0 aliphatic heterocycles. The van der Waals surface area contributed by atoms with Crippen molar-refractivity contribution in [2.45, 2.75) is 0 Å². The summed E-state index contributed by atoms with van der Waals surface area (Å²) in [6.07, 6.45) is 2.99. The Labute approximate surface area is 127 Å². The summed E-state index contributed by atoms with van der Waals surface area (Å²) in [5.74, 6) is 0.0189. The van der Waals surface area contributed by atoms with Crippen molar-refractivity contribution in [3.05, 3.63) is 51.5 Å². The lowest BCUT2D eigenvalue weighted by molar-refractivity contribution is 0.470. The summed E-state index contributed by atoms with van der Waals surface area (Å²) >= 11 is 13.8. The van der Waals surface area contributed by atoms with Gasteiger partial charge >= 0.3 is 0 Å². The third kappa shape index (κ3) is 3.20. The van der Waals surface area contributed by atoms with Gasteiger partial charge in [-0.1, -0.05) is 23.8 Å². The van der Waals surface area contributed by atoms with E-state index >= 15 is 0 Å². The third-order valence-electron chi connectivity index (χ3n) is 2.24. The number of hydrogen-bond acceptors (Lipinski definition) is 3. The zero-order valence-corrected chi connectivity index (χ0v) is 12.5. The van der Waals surface area contributed by atoms with Gasteiger partial charge in [-0.05, 0) is 28.1 Å². The second kappa shape index (κ2) is 5.81. The molecule has 2 N–H and O–H groups in total. The van der Waals surface area contributed by atoms with Gasteiger partial charge < -0.3 is 10.5 Å². The largest absolute Gasteiger partial charge is 0.454 e. The summed E-state index contributed by atoms with van der Waals surface area (Å²) < 4.78 is 19.5. The highest BCUT2D eigenvalue weighted by atomic mass is 79.9. The smallest absolute Gasteiger partial charge is 0.155 e. The van der Waals surface area contributed by atoms with Crippen molar-refractivity contribution in [1.29, 1.82) is 0 Å². The minimum absolute atomic E-state index is 0.0000177. The van der Waals surface area contributed by atoms with Crippen LogP contribution in [0, 0.1) is 5.82 Å². The van der Waals surface area contributed by atoms with Crippen LogP contribution in [0.3, 0.4) is 0 Å². The lowest BCUT2D eigenvalue weighted by atomic mass is 10.2. The number of rotatable bonds is 3. The Hall–Kier alpha value is -1.24. The van der Waals surface area contributed by atoms with Crippen molar-refractivity contribution >= 4 is 44.7 Å². The van der Waals surface area contributed by atoms with E-state index in [0.717, 1.165) is 0 Å². The van der Waals surface area contributed by atoms with E-state index in [1.54, 1.807) is 12.3 Å². The Morgan fingerprint density at radius 2 is 2.16 bits per heavy atom. The average Bonchev–Trinajstić information content (AvgIpc) is 2.36. The fourth-order valence-electron chi connectivity index (χ4n) is 1.37. The van der Waals surface area contributed by atoms with Crippen molar-refractivity contribution < 1.29 is 9.13 Å². The van der Waals surface area contributed by atoms with Gasteiger partial charge in [0.05, 0.1) is 21.3 Å². The predicted octanol–water partition coefficient (Wildman–Crippen LogP) is 4.06. The highest BCUT2D eigenvalue weighted by molar-refractivity contribution is 9.10. The predicted molar refractivity (Wildman–Crippen MR) is 79.3 cm³/mol. The molecule has 0 aliphatic rings. The summed E-state index contributed by atoms with van der Waals surface area (Å²) in [5.41, 5.74) is 6.10. The number of aromatic nitrogens is 1. The maximum absolute atomic E-state index is 13.4. The van der Waals surface area contributed by atoms with Crippen molar-refractivity contribution in [2.75, 3.05) is 0 Å². The highest BCUT2D eigenvalue weighted by Crippen LogP contribution is 2.34. The van der Waals surface area contributed by atoms with Crippen LogP contribution >= 0.6 is 39.7 Å². The van der Waals surface area contributed by atoms with Crippen LogP contribution in [0.2, 0.25) is 5.02 Å². The molecule has 0 atom stereocenters. The van der Waals surface area contributed by atoms with Crippen LogP contribution in [0.15, 0.2) is 35.1 Å². The van der Waals surface area contributed by atoms with Gasteiger partial charge in [0.1, 0.15) is 16.6 Å². The van der Waals surface area contributed by atoms with E-state index < -0.39 is 5.82 Å². The Morgan fingerprint density at radius 3 is 2.84 bits per heavy atom. The van der Waals surface area contributed by atoms with Gasteiger partial charge in [-0.15, -0.1) is 0 Å². The normalized spacial score (nSPS) is 10.3. The fourth-order valence-corrected chi connectivity index (χ4v) is 2.25. The van der Waals surface area contributed by atoms with Crippen molar-refractivity contribution in [1.82, 2.24) is 4.98 Å². The van der Waals surface area contributed by atoms with Crippen LogP contribution in [-0.4, -0.2) is 9.97 Å². The number of hydrogen-bond donors (Lipinski definition) is 1. The maximum Gasteiger partial charge on any atom is 0.155 e. The Morgan fingerprint density at radius 1 is 1.42 bits per heavy atom. The van der Waals surface area contributed by atoms with Gasteiger partial charge in [-0.25, -0.2) is 4.39 Å². The van der Waals surface area contributed by atoms with Gasteiger partial charge in [0.25, 0.3) is 0 Å². The first-order valence-corrected chi connectivity index (χ1v) is 6.63. The van der Waals surface area contributed by atoms with Gasteiger partial charge in [0.2, 0.25) is 0 Å². The molecule has 2 rings (SSSR count). The van der Waals surface area contributed by atoms with Crippen molar-refractivity contribution in [3.63, 3.8) is 0 Å². The van der Waals surface area contributed by atoms with Crippen LogP contribution in [0.25, 0.3) is 0 Å². The van der Waals surface area contributed by atoms with Crippen LogP contribution in [0.1, 0.15) is 5.56 Å². The van der Waals surface area contributed by atoms with Crippen LogP contribution in [-0.2, 0) is 0 Å². The average molecular weight is 362 g/mol. The number of nitrogens with two attached hydrogens (primary N) is 1. The van der Waals surface area contributed by atoms with Gasteiger partial charge in [0.15, 0.2) is 5.75 Å². The Bertz CT molecular complexity index is 654. The standard InChI is InChI=1S/C12H7BrClFN2OS/c13-7-3-8(14)9(15)4-10(7)18-11-5-17-2-1-6(11)12(16)19/h1-5H,(H2,16,19). The van der Waals surface area contributed by atoms with E-state index in [1.165, 1.54) is 18.3 Å². The Balaban J connectivity index is 2.42. The first kappa shape index (κ1) is 14.2. The molecule has 3 nitrogen and oxygen atoms in total. The van der Waals surface area contributed by atoms with Crippen LogP contribution < -0.4 is 10.5 Å². The molecule has 0 aliphatic carbocycles. The van der Waals surface area contributed by atoms with E-state index in [1.807, 2.05) is 0 Å². The molecule has 0 saturated carbocycles. The molecule has 2 aromatic rings. The zero-order chi connectivity index (χ0) is 14.0. The Kier molecular flexibility index (Phi) is 4.34. The van der Waals surface area contributed by atoms with Gasteiger partial charge in [-0.3, -0.25) is 4.98 Å². The topological polar surface area (TPSA) is 48.1 Å². The summed E-state index contributed by atoms with van der Waals surface area (Å²) in [6.45, 7) is 0. The molecule has 0 unspecified atom stereocenters.